The van der Waals surface area contributed by atoms with Gasteiger partial charge in [-0.15, -0.1) is 11.3 Å². The minimum absolute atomic E-state index is 0.737. The van der Waals surface area contributed by atoms with Gasteiger partial charge in [0.05, 0.1) is 22.3 Å². The first-order chi connectivity index (χ1) is 10.2. The summed E-state index contributed by atoms with van der Waals surface area (Å²) in [6, 6.07) is 12.3. The monoisotopic (exact) mass is 362 g/mol. The van der Waals surface area contributed by atoms with Crippen LogP contribution in [0.25, 0.3) is 10.2 Å². The first kappa shape index (κ1) is 14.4. The van der Waals surface area contributed by atoms with Crippen LogP contribution in [0.5, 0.6) is 5.75 Å². The minimum atomic E-state index is 0.737. The smallest absolute Gasteiger partial charge is 0.119 e. The highest BCUT2D eigenvalue weighted by molar-refractivity contribution is 9.10. The third-order valence-electron chi connectivity index (χ3n) is 3.23. The van der Waals surface area contributed by atoms with Crippen LogP contribution in [0.1, 0.15) is 10.6 Å². The zero-order valence-corrected chi connectivity index (χ0v) is 14.2. The average molecular weight is 363 g/mol. The van der Waals surface area contributed by atoms with Gasteiger partial charge in [0.15, 0.2) is 0 Å². The molecule has 2 aromatic carbocycles. The van der Waals surface area contributed by atoms with Gasteiger partial charge in [0, 0.05) is 16.7 Å². The molecule has 0 aliphatic rings. The Morgan fingerprint density at radius 1 is 1.24 bits per heavy atom. The van der Waals surface area contributed by atoms with E-state index in [4.69, 9.17) is 4.74 Å². The second-order valence-corrected chi connectivity index (χ2v) is 6.82. The molecule has 3 rings (SSSR count). The summed E-state index contributed by atoms with van der Waals surface area (Å²) in [6.07, 6.45) is 0. The number of nitrogens with one attached hydrogen (secondary N) is 1. The molecule has 1 N–H and O–H groups in total. The van der Waals surface area contributed by atoms with E-state index in [-0.39, 0.29) is 0 Å². The van der Waals surface area contributed by atoms with Crippen molar-refractivity contribution in [1.82, 2.24) is 4.98 Å². The maximum atomic E-state index is 5.27. The SMILES string of the molecule is COc1ccc(Br)c(CNc2ccc3nc(C)sc3c2)c1. The summed E-state index contributed by atoms with van der Waals surface area (Å²) in [6.45, 7) is 2.77. The molecule has 1 heterocycles. The Balaban J connectivity index is 1.79. The van der Waals surface area contributed by atoms with Crippen molar-refractivity contribution < 1.29 is 4.74 Å². The lowest BCUT2D eigenvalue weighted by molar-refractivity contribution is 0.414. The summed E-state index contributed by atoms with van der Waals surface area (Å²) in [5.74, 6) is 0.864. The summed E-state index contributed by atoms with van der Waals surface area (Å²) >= 11 is 5.29. The van der Waals surface area contributed by atoms with Gasteiger partial charge < -0.3 is 10.1 Å². The van der Waals surface area contributed by atoms with E-state index in [2.05, 4.69) is 44.4 Å². The van der Waals surface area contributed by atoms with E-state index in [9.17, 15) is 0 Å². The summed E-state index contributed by atoms with van der Waals surface area (Å²) in [5.41, 5.74) is 3.32. The van der Waals surface area contributed by atoms with Crippen LogP contribution in [0.3, 0.4) is 0 Å². The van der Waals surface area contributed by atoms with Gasteiger partial charge >= 0.3 is 0 Å². The van der Waals surface area contributed by atoms with Gasteiger partial charge in [0.25, 0.3) is 0 Å². The van der Waals surface area contributed by atoms with Crippen molar-refractivity contribution in [3.05, 3.63) is 51.4 Å². The largest absolute Gasteiger partial charge is 0.497 e. The molecule has 0 saturated heterocycles. The van der Waals surface area contributed by atoms with Crippen molar-refractivity contribution in [3.63, 3.8) is 0 Å². The predicted molar refractivity (Wildman–Crippen MR) is 92.4 cm³/mol. The van der Waals surface area contributed by atoms with E-state index in [1.165, 1.54) is 4.70 Å². The molecule has 0 bridgehead atoms. The molecule has 0 aliphatic heterocycles. The van der Waals surface area contributed by atoms with Crippen molar-refractivity contribution in [2.75, 3.05) is 12.4 Å². The van der Waals surface area contributed by atoms with Crippen LogP contribution in [0.15, 0.2) is 40.9 Å². The van der Waals surface area contributed by atoms with Crippen molar-refractivity contribution in [2.24, 2.45) is 0 Å². The Morgan fingerprint density at radius 3 is 2.90 bits per heavy atom. The number of aryl methyl sites for hydroxylation is 1. The number of nitrogens with zero attached hydrogens (tertiary/aromatic N) is 1. The molecule has 0 saturated carbocycles. The second kappa shape index (κ2) is 6.03. The molecule has 0 aliphatic carbocycles. The summed E-state index contributed by atoms with van der Waals surface area (Å²) in [4.78, 5) is 4.48. The molecule has 1 aromatic heterocycles. The maximum Gasteiger partial charge on any atom is 0.119 e. The molecule has 3 aromatic rings. The van der Waals surface area contributed by atoms with E-state index in [1.54, 1.807) is 18.4 Å². The van der Waals surface area contributed by atoms with Gasteiger partial charge in [0.1, 0.15) is 5.75 Å². The number of hydrogen-bond acceptors (Lipinski definition) is 4. The molecule has 0 atom stereocenters. The van der Waals surface area contributed by atoms with Crippen LogP contribution in [0.4, 0.5) is 5.69 Å². The van der Waals surface area contributed by atoms with Crippen LogP contribution >= 0.6 is 27.3 Å². The number of halogens is 1. The van der Waals surface area contributed by atoms with Gasteiger partial charge in [-0.1, -0.05) is 15.9 Å². The van der Waals surface area contributed by atoms with Gasteiger partial charge in [0.2, 0.25) is 0 Å². The third kappa shape index (κ3) is 3.19. The minimum Gasteiger partial charge on any atom is -0.497 e. The molecule has 3 nitrogen and oxygen atoms in total. The number of thiazole rings is 1. The van der Waals surface area contributed by atoms with Gasteiger partial charge in [-0.2, -0.15) is 0 Å². The van der Waals surface area contributed by atoms with Crippen LogP contribution < -0.4 is 10.1 Å². The molecule has 108 valence electrons. The lowest BCUT2D eigenvalue weighted by Crippen LogP contribution is -2.00. The summed E-state index contributed by atoms with van der Waals surface area (Å²) in [7, 11) is 1.68. The van der Waals surface area contributed by atoms with Crippen molar-refractivity contribution in [1.29, 1.82) is 0 Å². The molecule has 21 heavy (non-hydrogen) atoms. The Morgan fingerprint density at radius 2 is 2.10 bits per heavy atom. The fourth-order valence-corrected chi connectivity index (χ4v) is 3.41. The zero-order chi connectivity index (χ0) is 14.8. The molecule has 0 fully saturated rings. The number of benzene rings is 2. The van der Waals surface area contributed by atoms with Crippen LogP contribution in [0.2, 0.25) is 0 Å². The van der Waals surface area contributed by atoms with E-state index >= 15 is 0 Å². The topological polar surface area (TPSA) is 34.1 Å². The number of aromatic nitrogens is 1. The number of fused-ring (bicyclic) bond motifs is 1. The lowest BCUT2D eigenvalue weighted by atomic mass is 10.2. The quantitative estimate of drug-likeness (QED) is 0.709. The third-order valence-corrected chi connectivity index (χ3v) is 4.94. The summed E-state index contributed by atoms with van der Waals surface area (Å²) < 4.78 is 7.55. The number of rotatable bonds is 4. The van der Waals surface area contributed by atoms with Gasteiger partial charge in [-0.25, -0.2) is 4.98 Å². The fourth-order valence-electron chi connectivity index (χ4n) is 2.16. The number of ether oxygens (including phenoxy) is 1. The van der Waals surface area contributed by atoms with E-state index in [0.717, 1.165) is 38.5 Å². The van der Waals surface area contributed by atoms with E-state index in [1.807, 2.05) is 25.1 Å². The molecule has 0 amide bonds. The van der Waals surface area contributed by atoms with Gasteiger partial charge in [-0.05, 0) is 48.9 Å². The average Bonchev–Trinajstić information content (AvgIpc) is 2.85. The van der Waals surface area contributed by atoms with Crippen LogP contribution in [-0.4, -0.2) is 12.1 Å². The molecule has 0 radical (unpaired) electrons. The fraction of sp³-hybridized carbons (Fsp3) is 0.188. The standard InChI is InChI=1S/C16H15BrN2OS/c1-10-19-15-6-3-12(8-16(15)21-10)18-9-11-7-13(20-2)4-5-14(11)17/h3-8,18H,9H2,1-2H3. The molecule has 0 unspecified atom stereocenters. The first-order valence-corrected chi connectivity index (χ1v) is 8.20. The Kier molecular flexibility index (Phi) is 4.12. The highest BCUT2D eigenvalue weighted by Gasteiger charge is 2.04. The first-order valence-electron chi connectivity index (χ1n) is 6.59. The van der Waals surface area contributed by atoms with Crippen LogP contribution in [0, 0.1) is 6.92 Å². The summed E-state index contributed by atoms with van der Waals surface area (Å²) in [5, 5.41) is 4.54. The Labute approximate surface area is 136 Å². The number of methoxy groups -OCH3 is 1. The Hall–Kier alpha value is -1.59. The zero-order valence-electron chi connectivity index (χ0n) is 11.8. The number of hydrogen-bond donors (Lipinski definition) is 1. The van der Waals surface area contributed by atoms with Crippen molar-refractivity contribution >= 4 is 43.2 Å². The lowest BCUT2D eigenvalue weighted by Gasteiger charge is -2.10. The number of anilines is 1. The molecule has 5 heteroatoms. The van der Waals surface area contributed by atoms with E-state index in [0.29, 0.717) is 0 Å². The highest BCUT2D eigenvalue weighted by atomic mass is 79.9. The van der Waals surface area contributed by atoms with Crippen LogP contribution in [-0.2, 0) is 6.54 Å². The molecule has 0 spiro atoms. The molecular weight excluding hydrogens is 348 g/mol. The second-order valence-electron chi connectivity index (χ2n) is 4.73. The maximum absolute atomic E-state index is 5.27. The van der Waals surface area contributed by atoms with E-state index < -0.39 is 0 Å². The Bertz CT molecular complexity index is 785. The molecular formula is C16H15BrN2OS. The predicted octanol–water partition coefficient (Wildman–Crippen LogP) is 4.99. The highest BCUT2D eigenvalue weighted by Crippen LogP contribution is 2.26. The van der Waals surface area contributed by atoms with Gasteiger partial charge in [-0.3, -0.25) is 0 Å². The normalized spacial score (nSPS) is 10.8. The van der Waals surface area contributed by atoms with Crippen molar-refractivity contribution in [2.45, 2.75) is 13.5 Å². The van der Waals surface area contributed by atoms with Crippen molar-refractivity contribution in [3.8, 4) is 5.75 Å².